The normalized spacial score (nSPS) is 47.6. The van der Waals surface area contributed by atoms with Gasteiger partial charge in [0.25, 0.3) is 0 Å². The Morgan fingerprint density at radius 2 is 1.55 bits per heavy atom. The van der Waals surface area contributed by atoms with E-state index in [9.17, 15) is 4.79 Å². The van der Waals surface area contributed by atoms with Gasteiger partial charge in [0.1, 0.15) is 5.78 Å². The summed E-state index contributed by atoms with van der Waals surface area (Å²) in [6, 6.07) is 0. The van der Waals surface area contributed by atoms with Crippen LogP contribution >= 0.6 is 0 Å². The molecule has 0 saturated heterocycles. The molecule has 4 aliphatic carbocycles. The molecule has 0 aromatic carbocycles. The van der Waals surface area contributed by atoms with Gasteiger partial charge in [0.2, 0.25) is 0 Å². The summed E-state index contributed by atoms with van der Waals surface area (Å²) in [7, 11) is 0. The first-order chi connectivity index (χ1) is 14.4. The molecule has 8 atom stereocenters. The first kappa shape index (κ1) is 23.8. The van der Waals surface area contributed by atoms with Crippen LogP contribution in [0.5, 0.6) is 0 Å². The van der Waals surface area contributed by atoms with Gasteiger partial charge in [0.15, 0.2) is 0 Å². The number of Topliss-reactive ketones (excluding diaryl/α,β-unsaturated/α-hetero) is 1. The van der Waals surface area contributed by atoms with Gasteiger partial charge in [-0.3, -0.25) is 4.79 Å². The minimum absolute atomic E-state index is 0.222. The number of fused-ring (bicyclic) bond motifs is 5. The fourth-order valence-electron chi connectivity index (χ4n) is 10.2. The van der Waals surface area contributed by atoms with Crippen molar-refractivity contribution in [2.45, 2.75) is 126 Å². The van der Waals surface area contributed by atoms with Crippen molar-refractivity contribution in [2.75, 3.05) is 0 Å². The maximum atomic E-state index is 13.9. The molecule has 0 aromatic rings. The molecular formula is C30H52O. The molecule has 4 saturated carbocycles. The van der Waals surface area contributed by atoms with Gasteiger partial charge in [-0.2, -0.15) is 0 Å². The monoisotopic (exact) mass is 428 g/mol. The van der Waals surface area contributed by atoms with Gasteiger partial charge in [-0.05, 0) is 89.8 Å². The van der Waals surface area contributed by atoms with Gasteiger partial charge in [-0.15, -0.1) is 0 Å². The summed E-state index contributed by atoms with van der Waals surface area (Å²) in [6.07, 6.45) is 14.3. The smallest absolute Gasteiger partial charge is 0.137 e. The zero-order chi connectivity index (χ0) is 22.8. The molecule has 1 heteroatoms. The van der Waals surface area contributed by atoms with Gasteiger partial charge < -0.3 is 0 Å². The molecular weight excluding hydrogens is 376 g/mol. The number of hydrogen-bond acceptors (Lipinski definition) is 1. The summed E-state index contributed by atoms with van der Waals surface area (Å²) in [4.78, 5) is 13.9. The minimum atomic E-state index is 0.222. The average Bonchev–Trinajstić information content (AvgIpc) is 2.94. The van der Waals surface area contributed by atoms with Crippen molar-refractivity contribution >= 4 is 5.78 Å². The number of hydrogen-bond donors (Lipinski definition) is 0. The van der Waals surface area contributed by atoms with Gasteiger partial charge in [-0.25, -0.2) is 0 Å². The Kier molecular flexibility index (Phi) is 6.05. The predicted octanol–water partition coefficient (Wildman–Crippen LogP) is 8.70. The lowest BCUT2D eigenvalue weighted by atomic mass is 9.38. The largest absolute Gasteiger partial charge is 0.299 e. The molecule has 0 unspecified atom stereocenters. The van der Waals surface area contributed by atoms with Crippen LogP contribution in [0, 0.1) is 57.2 Å². The van der Waals surface area contributed by atoms with E-state index in [-0.39, 0.29) is 5.41 Å². The second-order valence-corrected chi connectivity index (χ2v) is 14.5. The van der Waals surface area contributed by atoms with E-state index in [0.29, 0.717) is 39.8 Å². The van der Waals surface area contributed by atoms with Crippen molar-refractivity contribution in [3.63, 3.8) is 0 Å². The van der Waals surface area contributed by atoms with E-state index in [0.717, 1.165) is 24.2 Å². The van der Waals surface area contributed by atoms with E-state index in [1.807, 2.05) is 0 Å². The van der Waals surface area contributed by atoms with Crippen molar-refractivity contribution in [2.24, 2.45) is 57.2 Å². The molecule has 4 fully saturated rings. The maximum absolute atomic E-state index is 13.9. The number of carbonyl (C=O) groups excluding carboxylic acids is 1. The molecule has 0 aliphatic heterocycles. The van der Waals surface area contributed by atoms with Crippen molar-refractivity contribution in [1.29, 1.82) is 0 Å². The molecule has 1 nitrogen and oxygen atoms in total. The number of ketones is 1. The van der Waals surface area contributed by atoms with Crippen LogP contribution < -0.4 is 0 Å². The standard InChI is InChI=1S/C30H52O/c1-20(2)11-9-12-21(3)22-13-18-30(8)26-23(14-17-29(22,30)7)28(6)16-10-15-27(4,5)25(28)19-24(26)31/h20-23,25-26H,9-19H2,1-8H3/t21-,22-,23+,25+,26+,28-,29-,30+/m1/s1. The van der Waals surface area contributed by atoms with E-state index >= 15 is 0 Å². The van der Waals surface area contributed by atoms with Gasteiger partial charge in [0, 0.05) is 12.3 Å². The first-order valence-corrected chi connectivity index (χ1v) is 13.9. The molecule has 0 aromatic heterocycles. The lowest BCUT2D eigenvalue weighted by Gasteiger charge is -2.66. The predicted molar refractivity (Wildman–Crippen MR) is 132 cm³/mol. The summed E-state index contributed by atoms with van der Waals surface area (Å²) in [5.41, 5.74) is 1.29. The molecule has 0 amide bonds. The Labute approximate surface area is 193 Å². The van der Waals surface area contributed by atoms with Crippen LogP contribution in [0.1, 0.15) is 126 Å². The Balaban J connectivity index is 1.60. The zero-order valence-corrected chi connectivity index (χ0v) is 22.2. The summed E-state index contributed by atoms with van der Waals surface area (Å²) in [5, 5.41) is 0. The lowest BCUT2D eigenvalue weighted by molar-refractivity contribution is -0.186. The SMILES string of the molecule is CC(C)CCC[C@@H](C)[C@H]1CC[C@@]2(C)[C@@H]3C(=O)C[C@H]4C(C)(C)CCC[C@]4(C)[C@H]3CC[C@]12C. The molecule has 0 heterocycles. The average molecular weight is 429 g/mol. The summed E-state index contributed by atoms with van der Waals surface area (Å²) in [5.74, 6) is 4.65. The lowest BCUT2D eigenvalue weighted by Crippen LogP contribution is -2.62. The van der Waals surface area contributed by atoms with E-state index in [1.54, 1.807) is 0 Å². The maximum Gasteiger partial charge on any atom is 0.137 e. The highest BCUT2D eigenvalue weighted by atomic mass is 16.1. The van der Waals surface area contributed by atoms with Crippen molar-refractivity contribution < 1.29 is 4.79 Å². The zero-order valence-electron chi connectivity index (χ0n) is 22.2. The van der Waals surface area contributed by atoms with Gasteiger partial charge in [-0.1, -0.05) is 81.1 Å². The topological polar surface area (TPSA) is 17.1 Å². The van der Waals surface area contributed by atoms with Crippen molar-refractivity contribution in [1.82, 2.24) is 0 Å². The molecule has 178 valence electrons. The Bertz CT molecular complexity index is 691. The minimum Gasteiger partial charge on any atom is -0.299 e. The Morgan fingerprint density at radius 1 is 0.871 bits per heavy atom. The second kappa shape index (κ2) is 7.87. The van der Waals surface area contributed by atoms with Gasteiger partial charge in [0.05, 0.1) is 0 Å². The van der Waals surface area contributed by atoms with Crippen LogP contribution in [0.15, 0.2) is 0 Å². The molecule has 0 bridgehead atoms. The van der Waals surface area contributed by atoms with Crippen LogP contribution in [0.4, 0.5) is 0 Å². The Hall–Kier alpha value is -0.330. The van der Waals surface area contributed by atoms with Crippen LogP contribution in [0.25, 0.3) is 0 Å². The fourth-order valence-corrected chi connectivity index (χ4v) is 10.2. The molecule has 31 heavy (non-hydrogen) atoms. The van der Waals surface area contributed by atoms with E-state index < -0.39 is 0 Å². The third-order valence-corrected chi connectivity index (χ3v) is 12.2. The molecule has 0 N–H and O–H groups in total. The third-order valence-electron chi connectivity index (χ3n) is 12.2. The summed E-state index contributed by atoms with van der Waals surface area (Å²) in [6.45, 7) is 20.0. The first-order valence-electron chi connectivity index (χ1n) is 13.9. The van der Waals surface area contributed by atoms with E-state index in [2.05, 4.69) is 55.4 Å². The third kappa shape index (κ3) is 3.49. The van der Waals surface area contributed by atoms with E-state index in [1.165, 1.54) is 64.2 Å². The molecule has 0 radical (unpaired) electrons. The molecule has 4 rings (SSSR count). The highest BCUT2D eigenvalue weighted by molar-refractivity contribution is 5.84. The summed E-state index contributed by atoms with van der Waals surface area (Å²) >= 11 is 0. The second-order valence-electron chi connectivity index (χ2n) is 14.5. The Morgan fingerprint density at radius 3 is 2.23 bits per heavy atom. The van der Waals surface area contributed by atoms with Crippen molar-refractivity contribution in [3.05, 3.63) is 0 Å². The molecule has 4 aliphatic rings. The van der Waals surface area contributed by atoms with Crippen molar-refractivity contribution in [3.8, 4) is 0 Å². The van der Waals surface area contributed by atoms with Crippen LogP contribution in [0.3, 0.4) is 0 Å². The van der Waals surface area contributed by atoms with Crippen LogP contribution in [-0.2, 0) is 4.79 Å². The van der Waals surface area contributed by atoms with Crippen LogP contribution in [-0.4, -0.2) is 5.78 Å². The highest BCUT2D eigenvalue weighted by Crippen LogP contribution is 2.74. The van der Waals surface area contributed by atoms with E-state index in [4.69, 9.17) is 0 Å². The summed E-state index contributed by atoms with van der Waals surface area (Å²) < 4.78 is 0. The number of carbonyl (C=O) groups is 1. The quantitative estimate of drug-likeness (QED) is 0.428. The fraction of sp³-hybridized carbons (Fsp3) is 0.967. The van der Waals surface area contributed by atoms with Gasteiger partial charge >= 0.3 is 0 Å². The van der Waals surface area contributed by atoms with Crippen LogP contribution in [0.2, 0.25) is 0 Å². The molecule has 0 spiro atoms. The number of rotatable bonds is 5. The highest BCUT2D eigenvalue weighted by Gasteiger charge is 2.69.